The number of unbranched alkanes of at least 4 members (excludes halogenated alkanes) is 2. The molecular formula is C23H30B2O3S2. The number of phenolic OH excluding ortho intramolecular Hbond substituents is 1. The third kappa shape index (κ3) is 11.1. The van der Waals surface area contributed by atoms with E-state index in [9.17, 15) is 5.11 Å². The lowest BCUT2D eigenvalue weighted by molar-refractivity contribution is -0.122. The number of hydrogen-bond acceptors (Lipinski definition) is 4. The third-order valence-corrected chi connectivity index (χ3v) is 7.07. The summed E-state index contributed by atoms with van der Waals surface area (Å²) in [4.78, 5) is 8.36. The van der Waals surface area contributed by atoms with Crippen molar-refractivity contribution in [2.75, 3.05) is 5.75 Å². The molecule has 7 heteroatoms. The molecule has 2 rings (SSSR count). The van der Waals surface area contributed by atoms with Crippen molar-refractivity contribution in [2.24, 2.45) is 0 Å². The molecule has 1 atom stereocenters. The van der Waals surface area contributed by atoms with Gasteiger partial charge in [-0.05, 0) is 35.8 Å². The van der Waals surface area contributed by atoms with Crippen molar-refractivity contribution in [1.82, 2.24) is 0 Å². The predicted molar refractivity (Wildman–Crippen MR) is 134 cm³/mol. The molecule has 4 radical (unpaired) electrons. The van der Waals surface area contributed by atoms with Gasteiger partial charge in [-0.2, -0.15) is 23.5 Å². The monoisotopic (exact) mass is 440 g/mol. The molecule has 0 aliphatic carbocycles. The summed E-state index contributed by atoms with van der Waals surface area (Å²) in [7, 11) is 11.7. The second-order valence-corrected chi connectivity index (χ2v) is 9.36. The molecule has 158 valence electrons. The molecule has 0 aliphatic rings. The van der Waals surface area contributed by atoms with Crippen LogP contribution < -0.4 is 10.9 Å². The Balaban J connectivity index is 0.00000141. The van der Waals surface area contributed by atoms with E-state index in [-0.39, 0.29) is 12.2 Å². The van der Waals surface area contributed by atoms with Crippen molar-refractivity contribution >= 4 is 56.6 Å². The first-order valence-corrected chi connectivity index (χ1v) is 12.4. The van der Waals surface area contributed by atoms with Crippen LogP contribution in [0.4, 0.5) is 0 Å². The Bertz CT molecular complexity index is 730. The van der Waals surface area contributed by atoms with Crippen molar-refractivity contribution < 1.29 is 15.0 Å². The lowest BCUT2D eigenvalue weighted by Crippen LogP contribution is -2.17. The molecule has 1 unspecified atom stereocenters. The summed E-state index contributed by atoms with van der Waals surface area (Å²) in [6, 6.07) is 14.1. The van der Waals surface area contributed by atoms with E-state index >= 15 is 0 Å². The van der Waals surface area contributed by atoms with Crippen molar-refractivity contribution in [2.45, 2.75) is 55.8 Å². The molecule has 0 amide bonds. The van der Waals surface area contributed by atoms with Crippen LogP contribution in [0.1, 0.15) is 50.2 Å². The highest BCUT2D eigenvalue weighted by Crippen LogP contribution is 2.27. The van der Waals surface area contributed by atoms with Crippen molar-refractivity contribution in [3.63, 3.8) is 0 Å². The molecule has 2 N–H and O–H groups in total. The quantitative estimate of drug-likeness (QED) is 0.295. The van der Waals surface area contributed by atoms with Gasteiger partial charge < -0.3 is 10.2 Å². The minimum Gasteiger partial charge on any atom is -0.509 e. The second-order valence-electron chi connectivity index (χ2n) is 6.97. The van der Waals surface area contributed by atoms with E-state index in [0.717, 1.165) is 22.8 Å². The summed E-state index contributed by atoms with van der Waals surface area (Å²) < 4.78 is 0. The molecule has 3 nitrogen and oxygen atoms in total. The van der Waals surface area contributed by atoms with Gasteiger partial charge in [-0.1, -0.05) is 73.5 Å². The molecule has 0 saturated heterocycles. The normalized spacial score (nSPS) is 11.4. The number of thioether (sulfide) groups is 2. The van der Waals surface area contributed by atoms with Crippen LogP contribution in [-0.4, -0.2) is 43.4 Å². The van der Waals surface area contributed by atoms with Crippen molar-refractivity contribution in [3.05, 3.63) is 53.6 Å². The number of benzene rings is 2. The molecule has 0 heterocycles. The van der Waals surface area contributed by atoms with Gasteiger partial charge in [0.1, 0.15) is 21.4 Å². The summed E-state index contributed by atoms with van der Waals surface area (Å²) in [5, 5.41) is 17.4. The van der Waals surface area contributed by atoms with Crippen LogP contribution in [-0.2, 0) is 16.3 Å². The van der Waals surface area contributed by atoms with E-state index in [1.807, 2.05) is 11.8 Å². The van der Waals surface area contributed by atoms with Gasteiger partial charge in [-0.25, -0.2) is 0 Å². The zero-order valence-corrected chi connectivity index (χ0v) is 19.3. The van der Waals surface area contributed by atoms with Crippen LogP contribution in [0.3, 0.4) is 0 Å². The highest BCUT2D eigenvalue weighted by molar-refractivity contribution is 7.99. The lowest BCUT2D eigenvalue weighted by Gasteiger charge is -2.17. The molecule has 30 heavy (non-hydrogen) atoms. The summed E-state index contributed by atoms with van der Waals surface area (Å²) >= 11 is 3.96. The average molecular weight is 440 g/mol. The van der Waals surface area contributed by atoms with Crippen LogP contribution in [0.25, 0.3) is 0 Å². The van der Waals surface area contributed by atoms with Crippen LogP contribution in [0.2, 0.25) is 0 Å². The van der Waals surface area contributed by atoms with E-state index in [2.05, 4.69) is 49.0 Å². The number of carbonyl (C=O) groups is 1. The topological polar surface area (TPSA) is 57.5 Å². The minimum atomic E-state index is -0.250. The fourth-order valence-electron chi connectivity index (χ4n) is 2.91. The van der Waals surface area contributed by atoms with Gasteiger partial charge in [0, 0.05) is 16.8 Å². The second kappa shape index (κ2) is 16.3. The smallest absolute Gasteiger partial charge is 0.290 e. The Kier molecular flexibility index (Phi) is 14.4. The number of aromatic hydroxyl groups is 1. The largest absolute Gasteiger partial charge is 0.509 e. The van der Waals surface area contributed by atoms with Gasteiger partial charge in [0.2, 0.25) is 0 Å². The molecule has 0 aliphatic heterocycles. The van der Waals surface area contributed by atoms with Crippen LogP contribution in [0.15, 0.2) is 42.5 Å². The Morgan fingerprint density at radius 3 is 2.40 bits per heavy atom. The summed E-state index contributed by atoms with van der Waals surface area (Å²) in [6.07, 6.45) is 6.39. The van der Waals surface area contributed by atoms with E-state index < -0.39 is 0 Å². The zero-order valence-electron chi connectivity index (χ0n) is 17.6. The van der Waals surface area contributed by atoms with E-state index in [1.165, 1.54) is 37.7 Å². The fraction of sp³-hybridized carbons (Fsp3) is 0.435. The molecular weight excluding hydrogens is 410 g/mol. The number of hydrogen-bond donors (Lipinski definition) is 2. The Labute approximate surface area is 192 Å². The summed E-state index contributed by atoms with van der Waals surface area (Å²) in [5.41, 5.74) is 3.37. The van der Waals surface area contributed by atoms with Crippen LogP contribution in [0, 0.1) is 0 Å². The molecule has 0 fully saturated rings. The molecule has 0 bridgehead atoms. The maximum atomic E-state index is 9.77. The van der Waals surface area contributed by atoms with Gasteiger partial charge >= 0.3 is 0 Å². The fourth-order valence-corrected chi connectivity index (χ4v) is 5.36. The predicted octanol–water partition coefficient (Wildman–Crippen LogP) is 4.19. The summed E-state index contributed by atoms with van der Waals surface area (Å²) in [6.45, 7) is 2.01. The van der Waals surface area contributed by atoms with Crippen LogP contribution in [0.5, 0.6) is 5.75 Å². The number of carboxylic acid groups (broad SMARTS) is 1. The zero-order chi connectivity index (χ0) is 22.2. The van der Waals surface area contributed by atoms with Gasteiger partial charge in [0.15, 0.2) is 0 Å². The maximum absolute atomic E-state index is 9.77. The van der Waals surface area contributed by atoms with Crippen molar-refractivity contribution in [3.8, 4) is 5.75 Å². The molecule has 2 aromatic carbocycles. The first-order valence-electron chi connectivity index (χ1n) is 10.2. The maximum Gasteiger partial charge on any atom is 0.290 e. The van der Waals surface area contributed by atoms with E-state index in [0.29, 0.717) is 16.2 Å². The van der Waals surface area contributed by atoms with Gasteiger partial charge in [-0.3, -0.25) is 4.79 Å². The summed E-state index contributed by atoms with van der Waals surface area (Å²) in [5.74, 6) is 3.12. The highest BCUT2D eigenvalue weighted by atomic mass is 32.2. The number of rotatable bonds is 12. The first kappa shape index (κ1) is 26.6. The Morgan fingerprint density at radius 2 is 1.73 bits per heavy atom. The third-order valence-electron chi connectivity index (χ3n) is 4.59. The number of phenols is 1. The molecule has 0 saturated carbocycles. The lowest BCUT2D eigenvalue weighted by atomic mass is 9.84. The first-order chi connectivity index (χ1) is 14.5. The van der Waals surface area contributed by atoms with E-state index in [4.69, 9.17) is 25.6 Å². The van der Waals surface area contributed by atoms with E-state index in [1.54, 1.807) is 12.1 Å². The standard InChI is InChI=1S/C22H28B2OS2.CH2O2/c1-2-3-5-10-19(27-15-17-8-6-4-7-9-17)11-12-26-16-18-13-22(25)21(24)14-20(18)23;2-1-3/h4,6-9,13-14,19,25H,2-3,5,10-12,15-16H2,1H3;1H,(H,2,3). The minimum absolute atomic E-state index is 0.121. The Hall–Kier alpha value is -1.46. The SMILES string of the molecule is O=CO.[B]c1cc([B])c(CSCCC(CCCCC)SCc2ccccc2)cc1O. The molecule has 0 aromatic heterocycles. The van der Waals surface area contributed by atoms with Gasteiger partial charge in [0.05, 0.1) is 0 Å². The van der Waals surface area contributed by atoms with Crippen molar-refractivity contribution in [1.29, 1.82) is 0 Å². The highest BCUT2D eigenvalue weighted by Gasteiger charge is 2.10. The molecule has 2 aromatic rings. The van der Waals surface area contributed by atoms with Gasteiger partial charge in [-0.15, -0.1) is 0 Å². The van der Waals surface area contributed by atoms with Gasteiger partial charge in [0.25, 0.3) is 6.47 Å². The Morgan fingerprint density at radius 1 is 1.03 bits per heavy atom. The molecule has 0 spiro atoms. The average Bonchev–Trinajstić information content (AvgIpc) is 2.73. The van der Waals surface area contributed by atoms with Crippen LogP contribution >= 0.6 is 23.5 Å².